The molecule has 96 valence electrons. The average Bonchev–Trinajstić information content (AvgIpc) is 2.67. The number of methoxy groups -OCH3 is 1. The van der Waals surface area contributed by atoms with Gasteiger partial charge in [-0.25, -0.2) is 0 Å². The molecule has 0 aliphatic rings. The number of benzene rings is 1. The van der Waals surface area contributed by atoms with Crippen LogP contribution in [-0.2, 0) is 6.54 Å². The molecule has 2 rings (SSSR count). The summed E-state index contributed by atoms with van der Waals surface area (Å²) in [6, 6.07) is 6.21. The molecule has 1 heterocycles. The number of H-pyrrole nitrogens is 1. The summed E-state index contributed by atoms with van der Waals surface area (Å²) >= 11 is 0. The normalized spacial score (nSPS) is 10.4. The first kappa shape index (κ1) is 12.5. The first-order valence-corrected chi connectivity index (χ1v) is 6.00. The Labute approximate surface area is 107 Å². The van der Waals surface area contributed by atoms with Gasteiger partial charge >= 0.3 is 0 Å². The van der Waals surface area contributed by atoms with Crippen LogP contribution in [0, 0.1) is 20.8 Å². The van der Waals surface area contributed by atoms with Crippen molar-refractivity contribution in [2.45, 2.75) is 27.3 Å². The zero-order chi connectivity index (χ0) is 13.1. The predicted molar refractivity (Wildman–Crippen MR) is 73.1 cm³/mol. The molecule has 0 saturated heterocycles. The van der Waals surface area contributed by atoms with Crippen LogP contribution in [0.25, 0.3) is 0 Å². The molecule has 1 aromatic heterocycles. The van der Waals surface area contributed by atoms with E-state index < -0.39 is 0 Å². The van der Waals surface area contributed by atoms with Gasteiger partial charge in [0.25, 0.3) is 0 Å². The molecule has 4 nitrogen and oxygen atoms in total. The Morgan fingerprint density at radius 1 is 1.28 bits per heavy atom. The summed E-state index contributed by atoms with van der Waals surface area (Å²) in [4.78, 5) is 0. The van der Waals surface area contributed by atoms with Gasteiger partial charge in [-0.15, -0.1) is 0 Å². The van der Waals surface area contributed by atoms with Gasteiger partial charge < -0.3 is 10.1 Å². The van der Waals surface area contributed by atoms with E-state index in [4.69, 9.17) is 4.74 Å². The zero-order valence-electron chi connectivity index (χ0n) is 11.3. The lowest BCUT2D eigenvalue weighted by Crippen LogP contribution is -2.01. The maximum atomic E-state index is 5.25. The van der Waals surface area contributed by atoms with Gasteiger partial charge in [0.05, 0.1) is 24.2 Å². The third-order valence-electron chi connectivity index (χ3n) is 3.06. The maximum absolute atomic E-state index is 5.25. The minimum atomic E-state index is 0.784. The number of nitrogens with one attached hydrogen (secondary N) is 2. The Balaban J connectivity index is 2.09. The maximum Gasteiger partial charge on any atom is 0.121 e. The zero-order valence-corrected chi connectivity index (χ0v) is 11.3. The Kier molecular flexibility index (Phi) is 3.55. The fourth-order valence-electron chi connectivity index (χ4n) is 2.05. The van der Waals surface area contributed by atoms with E-state index in [-0.39, 0.29) is 0 Å². The number of ether oxygens (including phenoxy) is 1. The SMILES string of the molecule is COc1ccc(CNc2c(C)n[nH]c2C)cc1C. The molecule has 0 bridgehead atoms. The average molecular weight is 245 g/mol. The number of hydrogen-bond acceptors (Lipinski definition) is 3. The lowest BCUT2D eigenvalue weighted by molar-refractivity contribution is 0.411. The summed E-state index contributed by atoms with van der Waals surface area (Å²) in [5.74, 6) is 0.925. The van der Waals surface area contributed by atoms with Crippen molar-refractivity contribution in [2.75, 3.05) is 12.4 Å². The van der Waals surface area contributed by atoms with Gasteiger partial charge in [-0.3, -0.25) is 5.10 Å². The first-order valence-electron chi connectivity index (χ1n) is 6.00. The fraction of sp³-hybridized carbons (Fsp3) is 0.357. The number of nitrogens with zero attached hydrogens (tertiary/aromatic N) is 1. The number of aromatic amines is 1. The second-order valence-corrected chi connectivity index (χ2v) is 4.47. The van der Waals surface area contributed by atoms with Crippen LogP contribution < -0.4 is 10.1 Å². The van der Waals surface area contributed by atoms with Crippen LogP contribution in [0.1, 0.15) is 22.5 Å². The molecule has 4 heteroatoms. The van der Waals surface area contributed by atoms with E-state index in [1.54, 1.807) is 7.11 Å². The van der Waals surface area contributed by atoms with Gasteiger partial charge in [0.1, 0.15) is 5.75 Å². The fourth-order valence-corrected chi connectivity index (χ4v) is 2.05. The van der Waals surface area contributed by atoms with E-state index in [0.29, 0.717) is 0 Å². The van der Waals surface area contributed by atoms with E-state index in [0.717, 1.165) is 34.9 Å². The van der Waals surface area contributed by atoms with Crippen molar-refractivity contribution in [1.29, 1.82) is 0 Å². The monoisotopic (exact) mass is 245 g/mol. The van der Waals surface area contributed by atoms with Crippen LogP contribution in [0.5, 0.6) is 5.75 Å². The molecule has 0 spiro atoms. The van der Waals surface area contributed by atoms with Crippen molar-refractivity contribution in [3.8, 4) is 5.75 Å². The second kappa shape index (κ2) is 5.12. The molecular formula is C14H19N3O. The summed E-state index contributed by atoms with van der Waals surface area (Å²) in [7, 11) is 1.69. The predicted octanol–water partition coefficient (Wildman–Crippen LogP) is 2.96. The number of hydrogen-bond donors (Lipinski definition) is 2. The van der Waals surface area contributed by atoms with E-state index >= 15 is 0 Å². The highest BCUT2D eigenvalue weighted by Gasteiger charge is 2.06. The summed E-state index contributed by atoms with van der Waals surface area (Å²) in [5, 5.41) is 10.5. The second-order valence-electron chi connectivity index (χ2n) is 4.47. The number of rotatable bonds is 4. The Morgan fingerprint density at radius 2 is 2.06 bits per heavy atom. The van der Waals surface area contributed by atoms with Gasteiger partial charge in [-0.05, 0) is 38.0 Å². The molecule has 1 aromatic carbocycles. The molecule has 2 aromatic rings. The van der Waals surface area contributed by atoms with E-state index in [9.17, 15) is 0 Å². The van der Waals surface area contributed by atoms with E-state index in [1.165, 1.54) is 5.56 Å². The number of anilines is 1. The molecule has 2 N–H and O–H groups in total. The van der Waals surface area contributed by atoms with Crippen molar-refractivity contribution in [1.82, 2.24) is 10.2 Å². The third-order valence-corrected chi connectivity index (χ3v) is 3.06. The Hall–Kier alpha value is -1.97. The van der Waals surface area contributed by atoms with Gasteiger partial charge in [-0.2, -0.15) is 5.10 Å². The Bertz CT molecular complexity index is 526. The highest BCUT2D eigenvalue weighted by molar-refractivity contribution is 5.52. The van der Waals surface area contributed by atoms with Crippen LogP contribution in [0.4, 0.5) is 5.69 Å². The van der Waals surface area contributed by atoms with Gasteiger partial charge in [0.2, 0.25) is 0 Å². The number of aromatic nitrogens is 2. The summed E-state index contributed by atoms with van der Waals surface area (Å²) in [5.41, 5.74) is 5.53. The molecule has 18 heavy (non-hydrogen) atoms. The topological polar surface area (TPSA) is 49.9 Å². The molecule has 0 aliphatic carbocycles. The summed E-state index contributed by atoms with van der Waals surface area (Å²) < 4.78 is 5.25. The molecule has 0 saturated carbocycles. The van der Waals surface area contributed by atoms with Crippen molar-refractivity contribution in [3.63, 3.8) is 0 Å². The van der Waals surface area contributed by atoms with Crippen molar-refractivity contribution in [3.05, 3.63) is 40.7 Å². The smallest absolute Gasteiger partial charge is 0.121 e. The van der Waals surface area contributed by atoms with Crippen molar-refractivity contribution in [2.24, 2.45) is 0 Å². The van der Waals surface area contributed by atoms with E-state index in [1.807, 2.05) is 19.9 Å². The minimum Gasteiger partial charge on any atom is -0.496 e. The van der Waals surface area contributed by atoms with Crippen LogP contribution >= 0.6 is 0 Å². The van der Waals surface area contributed by atoms with Crippen LogP contribution in [0.15, 0.2) is 18.2 Å². The molecule has 0 radical (unpaired) electrons. The van der Waals surface area contributed by atoms with Crippen LogP contribution in [0.3, 0.4) is 0 Å². The highest BCUT2D eigenvalue weighted by atomic mass is 16.5. The summed E-state index contributed by atoms with van der Waals surface area (Å²) in [6.45, 7) is 6.84. The highest BCUT2D eigenvalue weighted by Crippen LogP contribution is 2.21. The Morgan fingerprint density at radius 3 is 2.61 bits per heavy atom. The molecule has 0 amide bonds. The molecule has 0 fully saturated rings. The standard InChI is InChI=1S/C14H19N3O/c1-9-7-12(5-6-13(9)18-4)8-15-14-10(2)16-17-11(14)3/h5-7,15H,8H2,1-4H3,(H,16,17). The lowest BCUT2D eigenvalue weighted by Gasteiger charge is -2.09. The number of aryl methyl sites for hydroxylation is 3. The van der Waals surface area contributed by atoms with Crippen LogP contribution in [-0.4, -0.2) is 17.3 Å². The minimum absolute atomic E-state index is 0.784. The third kappa shape index (κ3) is 2.47. The van der Waals surface area contributed by atoms with Gasteiger partial charge in [0.15, 0.2) is 0 Å². The van der Waals surface area contributed by atoms with E-state index in [2.05, 4.69) is 34.6 Å². The molecule has 0 aliphatic heterocycles. The lowest BCUT2D eigenvalue weighted by atomic mass is 10.1. The van der Waals surface area contributed by atoms with Crippen molar-refractivity contribution >= 4 is 5.69 Å². The quantitative estimate of drug-likeness (QED) is 0.870. The van der Waals surface area contributed by atoms with Crippen molar-refractivity contribution < 1.29 is 4.74 Å². The molecule has 0 unspecified atom stereocenters. The molecular weight excluding hydrogens is 226 g/mol. The molecule has 0 atom stereocenters. The summed E-state index contributed by atoms with van der Waals surface area (Å²) in [6.07, 6.45) is 0. The first-order chi connectivity index (χ1) is 8.61. The largest absolute Gasteiger partial charge is 0.496 e. The van der Waals surface area contributed by atoms with Crippen LogP contribution in [0.2, 0.25) is 0 Å². The van der Waals surface area contributed by atoms with Gasteiger partial charge in [0, 0.05) is 6.54 Å². The van der Waals surface area contributed by atoms with Gasteiger partial charge in [-0.1, -0.05) is 12.1 Å².